The van der Waals surface area contributed by atoms with Gasteiger partial charge in [-0.15, -0.1) is 0 Å². The molecular formula is C21H26N4O3. The van der Waals surface area contributed by atoms with E-state index in [1.807, 2.05) is 41.3 Å². The molecule has 0 saturated carbocycles. The van der Waals surface area contributed by atoms with Crippen molar-refractivity contribution in [3.05, 3.63) is 59.9 Å². The molecule has 28 heavy (non-hydrogen) atoms. The fourth-order valence-corrected chi connectivity index (χ4v) is 3.37. The van der Waals surface area contributed by atoms with E-state index in [9.17, 15) is 9.59 Å². The highest BCUT2D eigenvalue weighted by Crippen LogP contribution is 2.21. The third-order valence-corrected chi connectivity index (χ3v) is 4.87. The largest absolute Gasteiger partial charge is 0.496 e. The Morgan fingerprint density at radius 2 is 2.07 bits per heavy atom. The fraction of sp³-hybridized carbons (Fsp3) is 0.381. The number of piperazine rings is 1. The van der Waals surface area contributed by atoms with Crippen LogP contribution >= 0.6 is 0 Å². The van der Waals surface area contributed by atoms with E-state index in [0.717, 1.165) is 23.3 Å². The van der Waals surface area contributed by atoms with Gasteiger partial charge in [-0.2, -0.15) is 0 Å². The number of ether oxygens (including phenoxy) is 1. The van der Waals surface area contributed by atoms with Gasteiger partial charge in [0.15, 0.2) is 0 Å². The molecule has 2 aromatic rings. The van der Waals surface area contributed by atoms with Crippen molar-refractivity contribution in [3.8, 4) is 5.75 Å². The van der Waals surface area contributed by atoms with Crippen LogP contribution in [0.1, 0.15) is 17.5 Å². The molecule has 1 saturated heterocycles. The zero-order chi connectivity index (χ0) is 19.8. The molecule has 1 fully saturated rings. The highest BCUT2D eigenvalue weighted by molar-refractivity contribution is 5.88. The molecule has 1 atom stereocenters. The molecule has 2 amide bonds. The Morgan fingerprint density at radius 1 is 1.29 bits per heavy atom. The number of aromatic nitrogens is 1. The summed E-state index contributed by atoms with van der Waals surface area (Å²) in [5.41, 5.74) is 2.12. The van der Waals surface area contributed by atoms with Crippen molar-refractivity contribution in [3.63, 3.8) is 0 Å². The third kappa shape index (κ3) is 5.29. The first kappa shape index (κ1) is 19.8. The van der Waals surface area contributed by atoms with Crippen LogP contribution < -0.4 is 15.4 Å². The molecule has 0 aliphatic carbocycles. The second-order valence-electron chi connectivity index (χ2n) is 6.75. The Bertz CT molecular complexity index is 797. The highest BCUT2D eigenvalue weighted by atomic mass is 16.5. The summed E-state index contributed by atoms with van der Waals surface area (Å²) in [6, 6.07) is 11.1. The number of carbonyl (C=O) groups excluding carboxylic acids is 2. The summed E-state index contributed by atoms with van der Waals surface area (Å²) in [5, 5.41) is 5.78. The van der Waals surface area contributed by atoms with Crippen LogP contribution in [0, 0.1) is 0 Å². The Kier molecular flexibility index (Phi) is 6.97. The zero-order valence-corrected chi connectivity index (χ0v) is 16.1. The SMILES string of the molecule is COc1ccccc1CN1CCNC(=O)C1CC(=O)NCCc1ccncc1. The number of carbonyl (C=O) groups is 2. The maximum absolute atomic E-state index is 12.4. The summed E-state index contributed by atoms with van der Waals surface area (Å²) in [6.45, 7) is 2.36. The summed E-state index contributed by atoms with van der Waals surface area (Å²) in [7, 11) is 1.63. The number of hydrogen-bond acceptors (Lipinski definition) is 5. The minimum Gasteiger partial charge on any atom is -0.496 e. The number of benzene rings is 1. The van der Waals surface area contributed by atoms with Crippen LogP contribution in [0.15, 0.2) is 48.8 Å². The molecule has 0 radical (unpaired) electrons. The topological polar surface area (TPSA) is 83.6 Å². The quantitative estimate of drug-likeness (QED) is 0.715. The van der Waals surface area contributed by atoms with Gasteiger partial charge in [0.05, 0.1) is 19.6 Å². The standard InChI is InChI=1S/C21H26N4O3/c1-28-19-5-3-2-4-17(19)15-25-13-12-24-21(27)18(25)14-20(26)23-11-8-16-6-9-22-10-7-16/h2-7,9-10,18H,8,11-15H2,1H3,(H,23,26)(H,24,27). The molecule has 2 heterocycles. The normalized spacial score (nSPS) is 17.0. The van der Waals surface area contributed by atoms with Gasteiger partial charge in [0.25, 0.3) is 0 Å². The summed E-state index contributed by atoms with van der Waals surface area (Å²) in [5.74, 6) is 0.556. The van der Waals surface area contributed by atoms with Gasteiger partial charge < -0.3 is 15.4 Å². The van der Waals surface area contributed by atoms with Crippen molar-refractivity contribution < 1.29 is 14.3 Å². The van der Waals surface area contributed by atoms with Gasteiger partial charge in [0.1, 0.15) is 5.75 Å². The van der Waals surface area contributed by atoms with Gasteiger partial charge in [-0.3, -0.25) is 19.5 Å². The number of para-hydroxylation sites is 1. The molecule has 0 spiro atoms. The number of rotatable bonds is 8. The van der Waals surface area contributed by atoms with E-state index >= 15 is 0 Å². The molecule has 148 valence electrons. The average molecular weight is 382 g/mol. The van der Waals surface area contributed by atoms with Crippen molar-refractivity contribution in [1.29, 1.82) is 0 Å². The van der Waals surface area contributed by atoms with E-state index < -0.39 is 6.04 Å². The van der Waals surface area contributed by atoms with Crippen LogP contribution in [0.5, 0.6) is 5.75 Å². The molecule has 1 aromatic carbocycles. The summed E-state index contributed by atoms with van der Waals surface area (Å²) >= 11 is 0. The van der Waals surface area contributed by atoms with Crippen molar-refractivity contribution in [2.45, 2.75) is 25.4 Å². The lowest BCUT2D eigenvalue weighted by molar-refractivity contribution is -0.134. The van der Waals surface area contributed by atoms with E-state index in [4.69, 9.17) is 4.74 Å². The number of nitrogens with zero attached hydrogens (tertiary/aromatic N) is 2. The molecule has 7 heteroatoms. The molecule has 1 aliphatic rings. The van der Waals surface area contributed by atoms with Gasteiger partial charge in [0.2, 0.25) is 11.8 Å². The predicted molar refractivity (Wildman–Crippen MR) is 106 cm³/mol. The van der Waals surface area contributed by atoms with Gasteiger partial charge in [-0.25, -0.2) is 0 Å². The Hall–Kier alpha value is -2.93. The van der Waals surface area contributed by atoms with E-state index in [1.165, 1.54) is 0 Å². The summed E-state index contributed by atoms with van der Waals surface area (Å²) in [6.07, 6.45) is 4.34. The van der Waals surface area contributed by atoms with Crippen LogP contribution in [0.2, 0.25) is 0 Å². The predicted octanol–water partition coefficient (Wildman–Crippen LogP) is 1.14. The zero-order valence-electron chi connectivity index (χ0n) is 16.1. The van der Waals surface area contributed by atoms with Crippen molar-refractivity contribution in [1.82, 2.24) is 20.5 Å². The maximum Gasteiger partial charge on any atom is 0.237 e. The molecule has 7 nitrogen and oxygen atoms in total. The van der Waals surface area contributed by atoms with Gasteiger partial charge in [-0.1, -0.05) is 18.2 Å². The van der Waals surface area contributed by atoms with Gasteiger partial charge >= 0.3 is 0 Å². The first-order valence-corrected chi connectivity index (χ1v) is 9.46. The van der Waals surface area contributed by atoms with Crippen LogP contribution in [0.3, 0.4) is 0 Å². The lowest BCUT2D eigenvalue weighted by atomic mass is 10.1. The molecule has 1 unspecified atom stereocenters. The van der Waals surface area contributed by atoms with Crippen molar-refractivity contribution >= 4 is 11.8 Å². The van der Waals surface area contributed by atoms with Crippen LogP contribution in [-0.2, 0) is 22.6 Å². The molecule has 1 aromatic heterocycles. The summed E-state index contributed by atoms with van der Waals surface area (Å²) < 4.78 is 5.41. The maximum atomic E-state index is 12.4. The number of methoxy groups -OCH3 is 1. The van der Waals surface area contributed by atoms with Crippen LogP contribution in [0.4, 0.5) is 0 Å². The van der Waals surface area contributed by atoms with Crippen molar-refractivity contribution in [2.24, 2.45) is 0 Å². The summed E-state index contributed by atoms with van der Waals surface area (Å²) in [4.78, 5) is 30.8. The minimum absolute atomic E-state index is 0.106. The molecule has 0 bridgehead atoms. The van der Waals surface area contributed by atoms with E-state index in [2.05, 4.69) is 15.6 Å². The van der Waals surface area contributed by atoms with E-state index in [1.54, 1.807) is 19.5 Å². The highest BCUT2D eigenvalue weighted by Gasteiger charge is 2.31. The number of hydrogen-bond donors (Lipinski definition) is 2. The van der Waals surface area contributed by atoms with Crippen LogP contribution in [0.25, 0.3) is 0 Å². The second-order valence-corrected chi connectivity index (χ2v) is 6.75. The fourth-order valence-electron chi connectivity index (χ4n) is 3.37. The number of amides is 2. The number of nitrogens with one attached hydrogen (secondary N) is 2. The molecule has 1 aliphatic heterocycles. The Morgan fingerprint density at radius 3 is 2.86 bits per heavy atom. The molecular weight excluding hydrogens is 356 g/mol. The van der Waals surface area contributed by atoms with E-state index in [-0.39, 0.29) is 18.2 Å². The third-order valence-electron chi connectivity index (χ3n) is 4.87. The first-order chi connectivity index (χ1) is 13.7. The number of pyridine rings is 1. The lowest BCUT2D eigenvalue weighted by Crippen LogP contribution is -2.56. The van der Waals surface area contributed by atoms with Gasteiger partial charge in [-0.05, 0) is 30.2 Å². The first-order valence-electron chi connectivity index (χ1n) is 9.46. The Balaban J connectivity index is 1.57. The Labute approximate surface area is 165 Å². The second kappa shape index (κ2) is 9.85. The van der Waals surface area contributed by atoms with Crippen LogP contribution in [-0.4, -0.2) is 54.5 Å². The van der Waals surface area contributed by atoms with E-state index in [0.29, 0.717) is 26.2 Å². The minimum atomic E-state index is -0.486. The van der Waals surface area contributed by atoms with Crippen molar-refractivity contribution in [2.75, 3.05) is 26.7 Å². The molecule has 2 N–H and O–H groups in total. The lowest BCUT2D eigenvalue weighted by Gasteiger charge is -2.35. The average Bonchev–Trinajstić information content (AvgIpc) is 2.72. The van der Waals surface area contributed by atoms with Gasteiger partial charge in [0, 0.05) is 44.1 Å². The smallest absolute Gasteiger partial charge is 0.237 e. The monoisotopic (exact) mass is 382 g/mol. The molecule has 3 rings (SSSR count).